The first-order chi connectivity index (χ1) is 8.29. The fourth-order valence-electron chi connectivity index (χ4n) is 1.25. The van der Waals surface area contributed by atoms with Crippen LogP contribution in [0.5, 0.6) is 5.75 Å². The lowest BCUT2D eigenvalue weighted by Gasteiger charge is -2.08. The Hall–Kier alpha value is -1.42. The molecule has 1 aromatic carbocycles. The third-order valence-electron chi connectivity index (χ3n) is 1.99. The van der Waals surface area contributed by atoms with Crippen molar-refractivity contribution < 1.29 is 14.3 Å². The lowest BCUT2D eigenvalue weighted by atomic mass is 10.2. The SMILES string of the molecule is CCOC(=O)c1ccccc1OCC=CCS. The van der Waals surface area contributed by atoms with E-state index in [0.717, 1.165) is 0 Å². The second-order valence-electron chi connectivity index (χ2n) is 3.18. The highest BCUT2D eigenvalue weighted by Gasteiger charge is 2.12. The van der Waals surface area contributed by atoms with Crippen LogP contribution in [0.15, 0.2) is 36.4 Å². The molecule has 0 radical (unpaired) electrons. The predicted octanol–water partition coefficient (Wildman–Crippen LogP) is 2.73. The first-order valence-electron chi connectivity index (χ1n) is 5.44. The molecule has 3 nitrogen and oxygen atoms in total. The molecular weight excluding hydrogens is 236 g/mol. The maximum absolute atomic E-state index is 11.6. The minimum Gasteiger partial charge on any atom is -0.489 e. The van der Waals surface area contributed by atoms with E-state index in [1.54, 1.807) is 25.1 Å². The van der Waals surface area contributed by atoms with Gasteiger partial charge in [0.15, 0.2) is 0 Å². The predicted molar refractivity (Wildman–Crippen MR) is 70.9 cm³/mol. The molecule has 0 heterocycles. The average Bonchev–Trinajstić information content (AvgIpc) is 2.35. The first-order valence-corrected chi connectivity index (χ1v) is 6.07. The monoisotopic (exact) mass is 252 g/mol. The summed E-state index contributed by atoms with van der Waals surface area (Å²) in [5, 5.41) is 0. The van der Waals surface area contributed by atoms with Gasteiger partial charge >= 0.3 is 5.97 Å². The van der Waals surface area contributed by atoms with Crippen LogP contribution in [0, 0.1) is 0 Å². The van der Waals surface area contributed by atoms with Gasteiger partial charge in [-0.25, -0.2) is 4.79 Å². The molecule has 0 saturated carbocycles. The van der Waals surface area contributed by atoms with Crippen molar-refractivity contribution in [1.29, 1.82) is 0 Å². The van der Waals surface area contributed by atoms with Crippen molar-refractivity contribution in [1.82, 2.24) is 0 Å². The number of hydrogen-bond donors (Lipinski definition) is 1. The van der Waals surface area contributed by atoms with Gasteiger partial charge in [0.2, 0.25) is 0 Å². The summed E-state index contributed by atoms with van der Waals surface area (Å²) in [4.78, 5) is 11.6. The van der Waals surface area contributed by atoms with Crippen LogP contribution in [0.3, 0.4) is 0 Å². The number of rotatable bonds is 6. The molecule has 0 aliphatic carbocycles. The maximum Gasteiger partial charge on any atom is 0.341 e. The molecule has 0 spiro atoms. The summed E-state index contributed by atoms with van der Waals surface area (Å²) in [6.07, 6.45) is 3.74. The quantitative estimate of drug-likeness (QED) is 0.480. The average molecular weight is 252 g/mol. The van der Waals surface area contributed by atoms with Crippen LogP contribution in [0.25, 0.3) is 0 Å². The Kier molecular flexibility index (Phi) is 6.25. The van der Waals surface area contributed by atoms with Crippen LogP contribution >= 0.6 is 12.6 Å². The molecule has 4 heteroatoms. The van der Waals surface area contributed by atoms with Gasteiger partial charge in [0.05, 0.1) is 6.61 Å². The van der Waals surface area contributed by atoms with Crippen molar-refractivity contribution in [2.45, 2.75) is 6.92 Å². The fraction of sp³-hybridized carbons (Fsp3) is 0.308. The maximum atomic E-state index is 11.6. The number of carbonyl (C=O) groups is 1. The fourth-order valence-corrected chi connectivity index (χ4v) is 1.40. The number of ether oxygens (including phenoxy) is 2. The van der Waals surface area contributed by atoms with E-state index in [0.29, 0.717) is 30.3 Å². The number of esters is 1. The molecule has 0 N–H and O–H groups in total. The number of carbonyl (C=O) groups excluding carboxylic acids is 1. The zero-order valence-corrected chi connectivity index (χ0v) is 10.7. The van der Waals surface area contributed by atoms with Crippen molar-refractivity contribution in [3.63, 3.8) is 0 Å². The van der Waals surface area contributed by atoms with E-state index in [1.807, 2.05) is 18.2 Å². The molecular formula is C13H16O3S. The van der Waals surface area contributed by atoms with Gasteiger partial charge in [-0.05, 0) is 19.1 Å². The molecule has 1 aromatic rings. The second kappa shape index (κ2) is 7.79. The number of hydrogen-bond acceptors (Lipinski definition) is 4. The minimum absolute atomic E-state index is 0.354. The third kappa shape index (κ3) is 4.53. The van der Waals surface area contributed by atoms with Gasteiger partial charge < -0.3 is 9.47 Å². The van der Waals surface area contributed by atoms with Crippen molar-refractivity contribution in [2.24, 2.45) is 0 Å². The summed E-state index contributed by atoms with van der Waals surface area (Å²) in [6, 6.07) is 7.04. The molecule has 0 bridgehead atoms. The van der Waals surface area contributed by atoms with Crippen molar-refractivity contribution in [2.75, 3.05) is 19.0 Å². The molecule has 0 aromatic heterocycles. The van der Waals surface area contributed by atoms with E-state index >= 15 is 0 Å². The second-order valence-corrected chi connectivity index (χ2v) is 3.55. The van der Waals surface area contributed by atoms with Gasteiger partial charge in [0.1, 0.15) is 17.9 Å². The highest BCUT2D eigenvalue weighted by molar-refractivity contribution is 7.80. The number of para-hydroxylation sites is 1. The smallest absolute Gasteiger partial charge is 0.341 e. The number of benzene rings is 1. The first kappa shape index (κ1) is 13.6. The lowest BCUT2D eigenvalue weighted by molar-refractivity contribution is 0.0522. The Labute approximate surface area is 107 Å². The van der Waals surface area contributed by atoms with Crippen LogP contribution < -0.4 is 4.74 Å². The van der Waals surface area contributed by atoms with Gasteiger partial charge in [0.25, 0.3) is 0 Å². The minimum atomic E-state index is -0.360. The molecule has 0 saturated heterocycles. The third-order valence-corrected chi connectivity index (χ3v) is 2.20. The van der Waals surface area contributed by atoms with Gasteiger partial charge in [-0.15, -0.1) is 0 Å². The molecule has 0 aliphatic rings. The Balaban J connectivity index is 2.70. The van der Waals surface area contributed by atoms with E-state index in [9.17, 15) is 4.79 Å². The topological polar surface area (TPSA) is 35.5 Å². The molecule has 0 amide bonds. The van der Waals surface area contributed by atoms with E-state index in [1.165, 1.54) is 0 Å². The molecule has 0 fully saturated rings. The highest BCUT2D eigenvalue weighted by Crippen LogP contribution is 2.18. The number of thiol groups is 1. The van der Waals surface area contributed by atoms with Crippen molar-refractivity contribution >= 4 is 18.6 Å². The van der Waals surface area contributed by atoms with Gasteiger partial charge in [0, 0.05) is 5.75 Å². The van der Waals surface area contributed by atoms with E-state index < -0.39 is 0 Å². The highest BCUT2D eigenvalue weighted by atomic mass is 32.1. The molecule has 0 unspecified atom stereocenters. The van der Waals surface area contributed by atoms with Crippen molar-refractivity contribution in [3.8, 4) is 5.75 Å². The Morgan fingerprint density at radius 3 is 2.82 bits per heavy atom. The summed E-state index contributed by atoms with van der Waals surface area (Å²) in [6.45, 7) is 2.54. The van der Waals surface area contributed by atoms with Crippen LogP contribution in [0.4, 0.5) is 0 Å². The van der Waals surface area contributed by atoms with Crippen molar-refractivity contribution in [3.05, 3.63) is 42.0 Å². The Morgan fingerprint density at radius 2 is 2.12 bits per heavy atom. The van der Waals surface area contributed by atoms with E-state index in [-0.39, 0.29) is 5.97 Å². The van der Waals surface area contributed by atoms with Gasteiger partial charge in [-0.1, -0.05) is 24.3 Å². The Morgan fingerprint density at radius 1 is 1.35 bits per heavy atom. The summed E-state index contributed by atoms with van der Waals surface area (Å²) < 4.78 is 10.4. The molecule has 0 atom stereocenters. The lowest BCUT2D eigenvalue weighted by Crippen LogP contribution is -2.07. The van der Waals surface area contributed by atoms with Gasteiger partial charge in [-0.2, -0.15) is 12.6 Å². The standard InChI is InChI=1S/C13H16O3S/c1-2-15-13(14)11-7-3-4-8-12(11)16-9-5-6-10-17/h3-8,17H,2,9-10H2,1H3. The summed E-state index contributed by atoms with van der Waals surface area (Å²) in [5.74, 6) is 0.846. The summed E-state index contributed by atoms with van der Waals surface area (Å²) >= 11 is 4.05. The van der Waals surface area contributed by atoms with Crippen LogP contribution in [-0.2, 0) is 4.74 Å². The molecule has 0 aliphatic heterocycles. The molecule has 92 valence electrons. The van der Waals surface area contributed by atoms with Crippen LogP contribution in [0.2, 0.25) is 0 Å². The Bertz CT molecular complexity index is 388. The van der Waals surface area contributed by atoms with Gasteiger partial charge in [-0.3, -0.25) is 0 Å². The summed E-state index contributed by atoms with van der Waals surface area (Å²) in [5.41, 5.74) is 0.452. The van der Waals surface area contributed by atoms with E-state index in [4.69, 9.17) is 9.47 Å². The van der Waals surface area contributed by atoms with E-state index in [2.05, 4.69) is 12.6 Å². The largest absolute Gasteiger partial charge is 0.489 e. The molecule has 1 rings (SSSR count). The zero-order chi connectivity index (χ0) is 12.5. The zero-order valence-electron chi connectivity index (χ0n) is 9.76. The summed E-state index contributed by atoms with van der Waals surface area (Å²) in [7, 11) is 0. The van der Waals surface area contributed by atoms with Crippen LogP contribution in [-0.4, -0.2) is 24.9 Å². The van der Waals surface area contributed by atoms with Crippen LogP contribution in [0.1, 0.15) is 17.3 Å². The normalized spacial score (nSPS) is 10.5. The molecule has 17 heavy (non-hydrogen) atoms.